The van der Waals surface area contributed by atoms with Gasteiger partial charge in [-0.15, -0.1) is 0 Å². The summed E-state index contributed by atoms with van der Waals surface area (Å²) in [4.78, 5) is 8.65. The molecule has 2 nitrogen and oxygen atoms in total. The molecule has 0 saturated heterocycles. The molecule has 0 bridgehead atoms. The summed E-state index contributed by atoms with van der Waals surface area (Å²) in [6, 6.07) is 8.31. The lowest BCUT2D eigenvalue weighted by atomic mass is 9.77. The predicted octanol–water partition coefficient (Wildman–Crippen LogP) is 3.78. The first-order valence-electron chi connectivity index (χ1n) is 5.44. The molecule has 0 spiro atoms. The average molecular weight is 265 g/mol. The highest BCUT2D eigenvalue weighted by Crippen LogP contribution is 2.39. The summed E-state index contributed by atoms with van der Waals surface area (Å²) in [6.45, 7) is 1.82. The molecule has 0 saturated carbocycles. The van der Waals surface area contributed by atoms with Crippen molar-refractivity contribution >= 4 is 23.2 Å². The van der Waals surface area contributed by atoms with Crippen LogP contribution in [0, 0.1) is 6.92 Å². The van der Waals surface area contributed by atoms with Gasteiger partial charge in [-0.3, -0.25) is 0 Å². The van der Waals surface area contributed by atoms with E-state index in [-0.39, 0.29) is 5.92 Å². The second kappa shape index (κ2) is 3.97. The molecule has 1 aliphatic rings. The van der Waals surface area contributed by atoms with E-state index in [1.807, 2.05) is 19.1 Å². The van der Waals surface area contributed by atoms with Gasteiger partial charge in [-0.2, -0.15) is 0 Å². The fraction of sp³-hybridized carbons (Fsp3) is 0.231. The number of benzene rings is 1. The molecule has 0 aliphatic heterocycles. The molecule has 1 unspecified atom stereocenters. The van der Waals surface area contributed by atoms with Crippen LogP contribution in [0.25, 0.3) is 0 Å². The fourth-order valence-corrected chi connectivity index (χ4v) is 2.52. The molecular weight excluding hydrogens is 255 g/mol. The largest absolute Gasteiger partial charge is 0.220 e. The van der Waals surface area contributed by atoms with E-state index in [1.54, 1.807) is 0 Å². The zero-order valence-electron chi connectivity index (χ0n) is 9.24. The molecular formula is C13H10Cl2N2. The van der Waals surface area contributed by atoms with Crippen LogP contribution < -0.4 is 0 Å². The molecule has 4 heteroatoms. The van der Waals surface area contributed by atoms with Gasteiger partial charge in [-0.1, -0.05) is 47.5 Å². The summed E-state index contributed by atoms with van der Waals surface area (Å²) in [7, 11) is 0. The predicted molar refractivity (Wildman–Crippen MR) is 68.8 cm³/mol. The Morgan fingerprint density at radius 2 is 1.76 bits per heavy atom. The van der Waals surface area contributed by atoms with Gasteiger partial charge in [0.05, 0.1) is 0 Å². The number of rotatable bonds is 1. The Kier molecular flexibility index (Phi) is 2.57. The van der Waals surface area contributed by atoms with Crippen molar-refractivity contribution in [1.29, 1.82) is 0 Å². The molecule has 17 heavy (non-hydrogen) atoms. The van der Waals surface area contributed by atoms with Crippen LogP contribution >= 0.6 is 23.2 Å². The molecule has 1 heterocycles. The number of nitrogens with zero attached hydrogens (tertiary/aromatic N) is 2. The van der Waals surface area contributed by atoms with Crippen LogP contribution in [0.3, 0.4) is 0 Å². The summed E-state index contributed by atoms with van der Waals surface area (Å²) in [5.74, 6) is 0.964. The number of hydrogen-bond acceptors (Lipinski definition) is 2. The van der Waals surface area contributed by atoms with Crippen molar-refractivity contribution in [2.45, 2.75) is 19.3 Å². The minimum Gasteiger partial charge on any atom is -0.220 e. The molecule has 0 amide bonds. The van der Waals surface area contributed by atoms with Gasteiger partial charge in [-0.25, -0.2) is 9.97 Å². The highest BCUT2D eigenvalue weighted by atomic mass is 35.5. The minimum atomic E-state index is 0.238. The highest BCUT2D eigenvalue weighted by Gasteiger charge is 2.30. The van der Waals surface area contributed by atoms with Crippen LogP contribution in [0.1, 0.15) is 28.4 Å². The van der Waals surface area contributed by atoms with E-state index in [4.69, 9.17) is 23.2 Å². The van der Waals surface area contributed by atoms with Crippen molar-refractivity contribution in [1.82, 2.24) is 9.97 Å². The third-order valence-corrected chi connectivity index (χ3v) is 3.95. The zero-order valence-corrected chi connectivity index (χ0v) is 10.8. The number of hydrogen-bond donors (Lipinski definition) is 0. The second-order valence-electron chi connectivity index (χ2n) is 4.24. The molecule has 1 aromatic carbocycles. The van der Waals surface area contributed by atoms with Crippen molar-refractivity contribution in [3.05, 3.63) is 57.1 Å². The Morgan fingerprint density at radius 3 is 2.41 bits per heavy atom. The van der Waals surface area contributed by atoms with Crippen LogP contribution in [0.4, 0.5) is 0 Å². The lowest BCUT2D eigenvalue weighted by Crippen LogP contribution is -2.20. The van der Waals surface area contributed by atoms with Crippen LogP contribution in [0.2, 0.25) is 10.3 Å². The number of halogens is 2. The topological polar surface area (TPSA) is 25.8 Å². The minimum absolute atomic E-state index is 0.238. The third-order valence-electron chi connectivity index (χ3n) is 3.21. The molecule has 86 valence electrons. The Bertz CT molecular complexity index is 573. The Balaban J connectivity index is 2.03. The molecule has 1 aromatic heterocycles. The fourth-order valence-electron chi connectivity index (χ4n) is 2.12. The van der Waals surface area contributed by atoms with E-state index in [1.165, 1.54) is 11.1 Å². The van der Waals surface area contributed by atoms with Crippen molar-refractivity contribution in [3.8, 4) is 0 Å². The molecule has 0 N–H and O–H groups in total. The standard InChI is InChI=1S/C13H10Cl2N2/c1-7-11(14)16-13(17-12(7)15)10-6-8-4-2-3-5-9(8)10/h2-5,10H,6H2,1H3. The first-order chi connectivity index (χ1) is 8.16. The normalized spacial score (nSPS) is 17.5. The first kappa shape index (κ1) is 11.0. The molecule has 1 atom stereocenters. The lowest BCUT2D eigenvalue weighted by Gasteiger charge is -2.28. The molecule has 3 rings (SSSR count). The van der Waals surface area contributed by atoms with Gasteiger partial charge in [0, 0.05) is 11.5 Å². The molecule has 2 aromatic rings. The van der Waals surface area contributed by atoms with Crippen LogP contribution in [-0.2, 0) is 6.42 Å². The van der Waals surface area contributed by atoms with Crippen molar-refractivity contribution < 1.29 is 0 Å². The zero-order chi connectivity index (χ0) is 12.0. The summed E-state index contributed by atoms with van der Waals surface area (Å²) in [5, 5.41) is 0.897. The lowest BCUT2D eigenvalue weighted by molar-refractivity contribution is 0.658. The van der Waals surface area contributed by atoms with Gasteiger partial charge in [0.1, 0.15) is 16.1 Å². The van der Waals surface area contributed by atoms with Crippen LogP contribution in [0.15, 0.2) is 24.3 Å². The van der Waals surface area contributed by atoms with Gasteiger partial charge >= 0.3 is 0 Å². The van der Waals surface area contributed by atoms with Crippen LogP contribution in [-0.4, -0.2) is 9.97 Å². The second-order valence-corrected chi connectivity index (χ2v) is 4.96. The quantitative estimate of drug-likeness (QED) is 0.733. The maximum absolute atomic E-state index is 6.04. The van der Waals surface area contributed by atoms with Crippen molar-refractivity contribution in [2.24, 2.45) is 0 Å². The Labute approximate surface area is 110 Å². The molecule has 1 aliphatic carbocycles. The van der Waals surface area contributed by atoms with E-state index in [0.29, 0.717) is 10.3 Å². The maximum atomic E-state index is 6.04. The van der Waals surface area contributed by atoms with Gasteiger partial charge in [0.25, 0.3) is 0 Å². The van der Waals surface area contributed by atoms with Crippen LogP contribution in [0.5, 0.6) is 0 Å². The van der Waals surface area contributed by atoms with Gasteiger partial charge in [-0.05, 0) is 24.5 Å². The van der Waals surface area contributed by atoms with E-state index >= 15 is 0 Å². The third kappa shape index (κ3) is 1.72. The SMILES string of the molecule is Cc1c(Cl)nc(C2Cc3ccccc32)nc1Cl. The number of fused-ring (bicyclic) bond motifs is 1. The van der Waals surface area contributed by atoms with Crippen molar-refractivity contribution in [2.75, 3.05) is 0 Å². The summed E-state index contributed by atoms with van der Waals surface area (Å²) < 4.78 is 0. The summed E-state index contributed by atoms with van der Waals surface area (Å²) >= 11 is 12.1. The molecule has 0 fully saturated rings. The Hall–Kier alpha value is -1.12. The Morgan fingerprint density at radius 1 is 1.12 bits per heavy atom. The molecule has 0 radical (unpaired) electrons. The van der Waals surface area contributed by atoms with E-state index in [0.717, 1.165) is 17.8 Å². The average Bonchev–Trinajstić information content (AvgIpc) is 2.27. The van der Waals surface area contributed by atoms with Crippen molar-refractivity contribution in [3.63, 3.8) is 0 Å². The summed E-state index contributed by atoms with van der Waals surface area (Å²) in [5.41, 5.74) is 3.38. The van der Waals surface area contributed by atoms with E-state index < -0.39 is 0 Å². The van der Waals surface area contributed by atoms with E-state index in [9.17, 15) is 0 Å². The number of aromatic nitrogens is 2. The maximum Gasteiger partial charge on any atom is 0.139 e. The van der Waals surface area contributed by atoms with Gasteiger partial charge in [0.2, 0.25) is 0 Å². The van der Waals surface area contributed by atoms with Gasteiger partial charge in [0.15, 0.2) is 0 Å². The monoisotopic (exact) mass is 264 g/mol. The van der Waals surface area contributed by atoms with E-state index in [2.05, 4.69) is 22.1 Å². The summed E-state index contributed by atoms with van der Waals surface area (Å²) in [6.07, 6.45) is 0.964. The highest BCUT2D eigenvalue weighted by molar-refractivity contribution is 6.34. The smallest absolute Gasteiger partial charge is 0.139 e. The van der Waals surface area contributed by atoms with Gasteiger partial charge < -0.3 is 0 Å². The first-order valence-corrected chi connectivity index (χ1v) is 6.19.